The molecule has 1 aliphatic heterocycles. The highest BCUT2D eigenvalue weighted by Crippen LogP contribution is 2.22. The van der Waals surface area contributed by atoms with Gasteiger partial charge in [-0.2, -0.15) is 0 Å². The number of nitrogens with two attached hydrogens (primary N) is 3. The number of hydrogen-bond acceptors (Lipinski definition) is 31. The molecule has 780 valence electrons. The zero-order valence-corrected chi connectivity index (χ0v) is 79.8. The van der Waals surface area contributed by atoms with Crippen molar-refractivity contribution in [1.29, 1.82) is 0 Å². The third-order valence-corrected chi connectivity index (χ3v) is 21.6. The average molecular weight is 1980 g/mol. The van der Waals surface area contributed by atoms with Crippen LogP contribution in [0.4, 0.5) is 0 Å². The second-order valence-corrected chi connectivity index (χ2v) is 34.9. The van der Waals surface area contributed by atoms with Gasteiger partial charge in [0, 0.05) is 19.4 Å². The van der Waals surface area contributed by atoms with Gasteiger partial charge in [0.15, 0.2) is 0 Å². The van der Waals surface area contributed by atoms with E-state index in [0.29, 0.717) is 5.56 Å². The molecule has 1 aromatic carbocycles. The topological polar surface area (TPSA) is 873 Å². The maximum absolute atomic E-state index is 14.7. The first-order valence-electron chi connectivity index (χ1n) is 44.9. The Morgan fingerprint density at radius 1 is 0.388 bits per heavy atom. The van der Waals surface area contributed by atoms with E-state index in [1.54, 1.807) is 65.0 Å². The van der Waals surface area contributed by atoms with E-state index in [1.165, 1.54) is 27.7 Å². The van der Waals surface area contributed by atoms with Crippen LogP contribution < -0.4 is 113 Å². The minimum atomic E-state index is -2.17. The first-order chi connectivity index (χ1) is 64.8. The molecule has 2 rings (SSSR count). The van der Waals surface area contributed by atoms with Gasteiger partial charge in [0.25, 0.3) is 0 Å². The van der Waals surface area contributed by atoms with E-state index in [1.807, 2.05) is 10.6 Å². The number of carbonyl (C=O) groups excluding carboxylic acids is 21. The van der Waals surface area contributed by atoms with Crippen molar-refractivity contribution in [3.05, 3.63) is 35.9 Å². The van der Waals surface area contributed by atoms with Gasteiger partial charge in [-0.15, -0.1) is 0 Å². The summed E-state index contributed by atoms with van der Waals surface area (Å²) in [5.41, 5.74) is 16.4. The SMILES string of the molecule is CC[C@H](C)[C@H](NC(=O)CNC(=O)[C@H](CO)NC(=O)[C@H](C)NC(=O)CNC(=O)[C@H](CO)NC(=O)[C@H](C)NC(=O)[C@H](CC(C)C)NC(=O)[C@H](CC(C)C)NC(=O)[C@H](Cc1ccccc1)NC(=O)[C@@H](NC(=O)[C@@H](NC(=O)[C@H](CC(=O)O)NC(=O)[C@H](CC(N)=O)NC(=O)[C@@H](NC(=O)[C@@H](N)CO)[C@@H](C)O)[C@@H](C)O)C(C)C)C(=O)N[C@H](C(=O)N1CCC[C@H]1C(=O)N[C@H](C(=O)N[C@@H](CCC(N)=O)C(=O)O)[C@@H](C)O)[C@@H](C)O. The number of aliphatic hydroxyl groups excluding tert-OH is 7. The van der Waals surface area contributed by atoms with Crippen molar-refractivity contribution >= 4 is 136 Å². The summed E-state index contributed by atoms with van der Waals surface area (Å²) in [5.74, 6) is -29.0. The molecule has 1 heterocycles. The summed E-state index contributed by atoms with van der Waals surface area (Å²) in [6.45, 7) is 14.5. The molecule has 1 saturated heterocycles. The summed E-state index contributed by atoms with van der Waals surface area (Å²) in [4.78, 5) is 309. The molecule has 1 aliphatic rings. The van der Waals surface area contributed by atoms with Crippen molar-refractivity contribution < 1.29 is 156 Å². The number of aliphatic hydroxyl groups is 7. The largest absolute Gasteiger partial charge is 0.481 e. The quantitative estimate of drug-likeness (QED) is 0.0288. The van der Waals surface area contributed by atoms with Crippen molar-refractivity contribution in [2.45, 2.75) is 294 Å². The number of carboxylic acid groups (broad SMARTS) is 2. The molecule has 0 unspecified atom stereocenters. The van der Waals surface area contributed by atoms with Crippen molar-refractivity contribution in [3.8, 4) is 0 Å². The van der Waals surface area contributed by atoms with Gasteiger partial charge in [-0.3, -0.25) is 105 Å². The summed E-state index contributed by atoms with van der Waals surface area (Å²) in [5, 5.41) is 133. The van der Waals surface area contributed by atoms with Crippen LogP contribution in [0.2, 0.25) is 0 Å². The van der Waals surface area contributed by atoms with Crippen molar-refractivity contribution in [1.82, 2.24) is 101 Å². The molecule has 23 atom stereocenters. The molecule has 1 aromatic rings. The monoisotopic (exact) mass is 1980 g/mol. The van der Waals surface area contributed by atoms with Crippen LogP contribution in [0.1, 0.15) is 160 Å². The summed E-state index contributed by atoms with van der Waals surface area (Å²) >= 11 is 0. The fourth-order valence-corrected chi connectivity index (χ4v) is 13.6. The predicted octanol–water partition coefficient (Wildman–Crippen LogP) is -13.4. The predicted molar refractivity (Wildman–Crippen MR) is 484 cm³/mol. The number of rotatable bonds is 61. The minimum absolute atomic E-state index is 0.00900. The number of hydrogen-bond donors (Lipinski definition) is 30. The molecule has 1 fully saturated rings. The van der Waals surface area contributed by atoms with Gasteiger partial charge < -0.3 is 164 Å². The highest BCUT2D eigenvalue weighted by Gasteiger charge is 2.45. The van der Waals surface area contributed by atoms with Gasteiger partial charge in [-0.05, 0) is 103 Å². The van der Waals surface area contributed by atoms with Crippen LogP contribution in [0, 0.1) is 23.7 Å². The first kappa shape index (κ1) is 122. The van der Waals surface area contributed by atoms with Gasteiger partial charge in [0.2, 0.25) is 124 Å². The Bertz CT molecular complexity index is 4450. The van der Waals surface area contributed by atoms with Crippen LogP contribution in [0.5, 0.6) is 0 Å². The Labute approximate surface area is 800 Å². The summed E-state index contributed by atoms with van der Waals surface area (Å²) in [7, 11) is 0. The maximum Gasteiger partial charge on any atom is 0.326 e. The smallest absolute Gasteiger partial charge is 0.326 e. The molecule has 0 aliphatic carbocycles. The van der Waals surface area contributed by atoms with E-state index < -0.39 is 340 Å². The fraction of sp³-hybridized carbons (Fsp3) is 0.659. The Kier molecular flexibility index (Phi) is 52.4. The third kappa shape index (κ3) is 41.9. The van der Waals surface area contributed by atoms with Crippen LogP contribution in [-0.4, -0.2) is 359 Å². The number of primary amides is 2. The van der Waals surface area contributed by atoms with Crippen LogP contribution in [-0.2, 0) is 117 Å². The van der Waals surface area contributed by atoms with E-state index >= 15 is 0 Å². The number of carbonyl (C=O) groups is 23. The number of nitrogens with one attached hydrogen (secondary N) is 18. The Morgan fingerprint density at radius 2 is 0.770 bits per heavy atom. The normalized spacial score (nSPS) is 17.1. The van der Waals surface area contributed by atoms with Gasteiger partial charge in [-0.1, -0.05) is 92.1 Å². The van der Waals surface area contributed by atoms with Crippen LogP contribution >= 0.6 is 0 Å². The summed E-state index contributed by atoms with van der Waals surface area (Å²) in [6.07, 6.45) is -10.0. The summed E-state index contributed by atoms with van der Waals surface area (Å²) < 4.78 is 0. The number of nitrogens with zero attached hydrogens (tertiary/aromatic N) is 1. The van der Waals surface area contributed by atoms with E-state index in [2.05, 4.69) is 85.1 Å². The highest BCUT2D eigenvalue weighted by molar-refractivity contribution is 6.03. The minimum Gasteiger partial charge on any atom is -0.481 e. The molecule has 0 aromatic heterocycles. The Balaban J connectivity index is 2.21. The van der Waals surface area contributed by atoms with Gasteiger partial charge in [0.1, 0.15) is 109 Å². The van der Waals surface area contributed by atoms with Crippen LogP contribution in [0.3, 0.4) is 0 Å². The van der Waals surface area contributed by atoms with Crippen LogP contribution in [0.15, 0.2) is 30.3 Å². The Hall–Kier alpha value is -13.3. The lowest BCUT2D eigenvalue weighted by Crippen LogP contribution is -2.63. The number of benzene rings is 1. The van der Waals surface area contributed by atoms with E-state index in [4.69, 9.17) is 17.2 Å². The zero-order valence-electron chi connectivity index (χ0n) is 79.8. The molecule has 33 N–H and O–H groups in total. The fourth-order valence-electron chi connectivity index (χ4n) is 13.6. The highest BCUT2D eigenvalue weighted by atomic mass is 16.4. The number of carboxylic acids is 2. The third-order valence-electron chi connectivity index (χ3n) is 21.6. The van der Waals surface area contributed by atoms with Gasteiger partial charge >= 0.3 is 11.9 Å². The molecular weight excluding hydrogens is 1840 g/mol. The lowest BCUT2D eigenvalue weighted by atomic mass is 9.97. The van der Waals surface area contributed by atoms with E-state index in [9.17, 15) is 156 Å². The maximum atomic E-state index is 14.7. The molecule has 0 bridgehead atoms. The zero-order chi connectivity index (χ0) is 106. The number of aliphatic carboxylic acids is 2. The average Bonchev–Trinajstić information content (AvgIpc) is 1.71. The molecule has 54 nitrogen and oxygen atoms in total. The number of likely N-dealkylation sites (tertiary alicyclic amines) is 1. The number of amides is 21. The summed E-state index contributed by atoms with van der Waals surface area (Å²) in [6, 6.07) is -22.4. The van der Waals surface area contributed by atoms with Crippen molar-refractivity contribution in [3.63, 3.8) is 0 Å². The second kappa shape index (κ2) is 59.8. The molecule has 21 amide bonds. The molecule has 54 heteroatoms. The van der Waals surface area contributed by atoms with E-state index in [0.717, 1.165) is 39.5 Å². The van der Waals surface area contributed by atoms with E-state index in [-0.39, 0.29) is 56.9 Å². The standard InChI is InChI=1S/C85H138N22O32/c1-15-39(8)63(80(133)106-67(45(14)114)84(137)107-25-19-22-56(107)78(131)105-65(43(12)112)81(134)93-48(85(138)139)23-24-57(87)115)101-60(118)32-90-72(125)54(34-109)99-68(121)40(9)91-59(117)31-89-71(124)55(35-110)100-69(122)41(10)92-73(126)49(26-36(2)3)94-74(127)50(27-37(4)5)95-75(128)51(28-46-20-17-16-18-21-46)97-79(132)62(38(6)7)102-83(136)66(44(13)113)104-77(130)53(30-61(119)120)96-76(129)52(29-58(88)116)98-82(135)64(42(11)111)103-70(123)47(86)33-108/h16-18,20-21,36-45,47-56,62-67,108-114H,15,19,22-35,86H2,1-14H3,(H2,87,115)(H2,88,116)(H,89,124)(H,90,125)(H,91,117)(H,92,126)(H,93,134)(H,94,127)(H,95,128)(H,96,129)(H,97,132)(H,98,135)(H,99,121)(H,100,122)(H,101,118)(H,102,136)(H,103,123)(H,104,130)(H,105,131)(H,106,133)(H,119,120)(H,138,139)/t39-,40-,41-,42+,43+,44+,45+,47-,48-,49-,50-,51-,52-,53-,54-,55-,56-,62-,63-,64-,65-,66-,67-/m0/s1. The second-order valence-electron chi connectivity index (χ2n) is 34.9. The molecule has 0 saturated carbocycles. The molecule has 0 radical (unpaired) electrons. The Morgan fingerprint density at radius 3 is 1.22 bits per heavy atom. The van der Waals surface area contributed by atoms with Crippen molar-refractivity contribution in [2.24, 2.45) is 40.9 Å². The molecule has 0 spiro atoms. The molecule has 139 heavy (non-hydrogen) atoms. The van der Waals surface area contributed by atoms with Crippen LogP contribution in [0.25, 0.3) is 0 Å². The van der Waals surface area contributed by atoms with Gasteiger partial charge in [-0.25, -0.2) is 4.79 Å². The van der Waals surface area contributed by atoms with Crippen molar-refractivity contribution in [2.75, 3.05) is 39.5 Å². The lowest BCUT2D eigenvalue weighted by Gasteiger charge is -2.32. The van der Waals surface area contributed by atoms with Gasteiger partial charge in [0.05, 0.1) is 70.2 Å². The lowest BCUT2D eigenvalue weighted by molar-refractivity contribution is -0.146. The molecular formula is C85H138N22O32. The first-order valence-corrected chi connectivity index (χ1v) is 44.9.